The molecule has 18 heavy (non-hydrogen) atoms. The third-order valence-electron chi connectivity index (χ3n) is 3.04. The van der Waals surface area contributed by atoms with Gasteiger partial charge in [-0.1, -0.05) is 35.0 Å². The molecule has 0 bridgehead atoms. The highest BCUT2D eigenvalue weighted by atomic mass is 79.9. The molecule has 1 atom stereocenters. The molecular formula is C15H18BrNS. The van der Waals surface area contributed by atoms with Gasteiger partial charge in [-0.2, -0.15) is 0 Å². The molecule has 2 aromatic rings. The van der Waals surface area contributed by atoms with Crippen molar-refractivity contribution in [2.24, 2.45) is 0 Å². The van der Waals surface area contributed by atoms with Crippen molar-refractivity contribution in [3.05, 3.63) is 55.7 Å². The van der Waals surface area contributed by atoms with Crippen molar-refractivity contribution in [3.8, 4) is 0 Å². The van der Waals surface area contributed by atoms with Crippen LogP contribution in [0.1, 0.15) is 34.5 Å². The molecule has 0 saturated carbocycles. The van der Waals surface area contributed by atoms with E-state index in [1.54, 1.807) is 0 Å². The lowest BCUT2D eigenvalue weighted by Crippen LogP contribution is -2.22. The Morgan fingerprint density at radius 1 is 1.28 bits per heavy atom. The van der Waals surface area contributed by atoms with E-state index in [-0.39, 0.29) is 6.04 Å². The van der Waals surface area contributed by atoms with E-state index in [2.05, 4.69) is 71.7 Å². The third kappa shape index (κ3) is 2.85. The molecule has 1 unspecified atom stereocenters. The number of thiophene rings is 1. The Morgan fingerprint density at radius 3 is 2.61 bits per heavy atom. The molecule has 0 aliphatic heterocycles. The molecule has 1 aromatic carbocycles. The summed E-state index contributed by atoms with van der Waals surface area (Å²) in [5, 5.41) is 5.75. The fourth-order valence-electron chi connectivity index (χ4n) is 2.09. The zero-order valence-corrected chi connectivity index (χ0v) is 13.4. The summed E-state index contributed by atoms with van der Waals surface area (Å²) in [6, 6.07) is 9.04. The molecule has 1 heterocycles. The van der Waals surface area contributed by atoms with Crippen molar-refractivity contribution in [3.63, 3.8) is 0 Å². The monoisotopic (exact) mass is 323 g/mol. The Bertz CT molecular complexity index is 533. The lowest BCUT2D eigenvalue weighted by Gasteiger charge is -2.20. The van der Waals surface area contributed by atoms with E-state index < -0.39 is 0 Å². The number of halogens is 1. The molecule has 0 radical (unpaired) electrons. The second-order valence-corrected chi connectivity index (χ2v) is 6.29. The molecule has 0 aliphatic carbocycles. The van der Waals surface area contributed by atoms with Crippen molar-refractivity contribution in [2.75, 3.05) is 6.54 Å². The van der Waals surface area contributed by atoms with Crippen LogP contribution in [0, 0.1) is 13.8 Å². The lowest BCUT2D eigenvalue weighted by molar-refractivity contribution is 0.635. The Labute approximate surface area is 121 Å². The average molecular weight is 324 g/mol. The number of nitrogens with one attached hydrogen (secondary N) is 1. The average Bonchev–Trinajstić information content (AvgIpc) is 2.73. The van der Waals surface area contributed by atoms with Gasteiger partial charge in [0.2, 0.25) is 0 Å². The van der Waals surface area contributed by atoms with Crippen LogP contribution in [0.25, 0.3) is 0 Å². The minimum absolute atomic E-state index is 0.282. The maximum Gasteiger partial charge on any atom is 0.0684 e. The van der Waals surface area contributed by atoms with E-state index in [1.807, 2.05) is 11.3 Å². The van der Waals surface area contributed by atoms with Gasteiger partial charge in [-0.05, 0) is 54.6 Å². The Balaban J connectivity index is 2.45. The summed E-state index contributed by atoms with van der Waals surface area (Å²) in [5.74, 6) is 0. The third-order valence-corrected chi connectivity index (χ3v) is 4.81. The minimum atomic E-state index is 0.282. The van der Waals surface area contributed by atoms with Crippen molar-refractivity contribution < 1.29 is 0 Å². The van der Waals surface area contributed by atoms with Crippen molar-refractivity contribution >= 4 is 27.3 Å². The highest BCUT2D eigenvalue weighted by molar-refractivity contribution is 9.10. The van der Waals surface area contributed by atoms with Crippen LogP contribution < -0.4 is 5.32 Å². The summed E-state index contributed by atoms with van der Waals surface area (Å²) in [6.07, 6.45) is 0. The largest absolute Gasteiger partial charge is 0.306 e. The fourth-order valence-corrected chi connectivity index (χ4v) is 3.84. The van der Waals surface area contributed by atoms with Crippen molar-refractivity contribution in [1.29, 1.82) is 0 Å². The molecule has 3 heteroatoms. The number of hydrogen-bond acceptors (Lipinski definition) is 2. The number of aryl methyl sites for hydroxylation is 2. The first-order valence-electron chi connectivity index (χ1n) is 6.17. The van der Waals surface area contributed by atoms with Crippen LogP contribution in [0.3, 0.4) is 0 Å². The van der Waals surface area contributed by atoms with Crippen molar-refractivity contribution in [2.45, 2.75) is 26.8 Å². The van der Waals surface area contributed by atoms with E-state index >= 15 is 0 Å². The first-order chi connectivity index (χ1) is 8.63. The molecule has 0 spiro atoms. The first kappa shape index (κ1) is 13.8. The molecule has 2 rings (SSSR count). The molecule has 1 nitrogen and oxygen atoms in total. The van der Waals surface area contributed by atoms with Crippen LogP contribution >= 0.6 is 27.3 Å². The summed E-state index contributed by atoms with van der Waals surface area (Å²) in [4.78, 5) is 1.40. The maximum atomic E-state index is 3.69. The Hall–Kier alpha value is -0.640. The summed E-state index contributed by atoms with van der Waals surface area (Å²) < 4.78 is 1.18. The normalized spacial score (nSPS) is 12.7. The van der Waals surface area contributed by atoms with Gasteiger partial charge in [0.15, 0.2) is 0 Å². The number of benzene rings is 1. The van der Waals surface area contributed by atoms with Crippen LogP contribution in [0.15, 0.2) is 34.1 Å². The van der Waals surface area contributed by atoms with Crippen LogP contribution in [-0.2, 0) is 0 Å². The molecule has 0 fully saturated rings. The Kier molecular flexibility index (Phi) is 4.60. The second kappa shape index (κ2) is 6.00. The van der Waals surface area contributed by atoms with Crippen LogP contribution in [0.4, 0.5) is 0 Å². The Morgan fingerprint density at radius 2 is 2.06 bits per heavy atom. The number of rotatable bonds is 4. The molecule has 0 saturated heterocycles. The van der Waals surface area contributed by atoms with Crippen LogP contribution in [0.2, 0.25) is 0 Å². The molecule has 1 N–H and O–H groups in total. The van der Waals surface area contributed by atoms with Gasteiger partial charge in [-0.15, -0.1) is 11.3 Å². The van der Waals surface area contributed by atoms with E-state index in [4.69, 9.17) is 0 Å². The van der Waals surface area contributed by atoms with Gasteiger partial charge in [-0.25, -0.2) is 0 Å². The standard InChI is InChI=1S/C15H18BrNS/c1-4-17-14(15-11(3)7-8-18-15)12-6-5-10(2)9-13(12)16/h5-9,14,17H,4H2,1-3H3. The smallest absolute Gasteiger partial charge is 0.0684 e. The predicted octanol–water partition coefficient (Wildman–Crippen LogP) is 4.83. The topological polar surface area (TPSA) is 12.0 Å². The predicted molar refractivity (Wildman–Crippen MR) is 83.5 cm³/mol. The summed E-state index contributed by atoms with van der Waals surface area (Å²) >= 11 is 5.51. The molecular weight excluding hydrogens is 306 g/mol. The highest BCUT2D eigenvalue weighted by Crippen LogP contribution is 2.33. The van der Waals surface area contributed by atoms with Gasteiger partial charge >= 0.3 is 0 Å². The van der Waals surface area contributed by atoms with Gasteiger partial charge in [0.25, 0.3) is 0 Å². The highest BCUT2D eigenvalue weighted by Gasteiger charge is 2.18. The van der Waals surface area contributed by atoms with Gasteiger partial charge in [0, 0.05) is 9.35 Å². The summed E-state index contributed by atoms with van der Waals surface area (Å²) in [6.45, 7) is 7.41. The first-order valence-corrected chi connectivity index (χ1v) is 7.84. The van der Waals surface area contributed by atoms with E-state index in [1.165, 1.54) is 26.0 Å². The van der Waals surface area contributed by atoms with Crippen LogP contribution in [0.5, 0.6) is 0 Å². The van der Waals surface area contributed by atoms with E-state index in [0.29, 0.717) is 0 Å². The summed E-state index contributed by atoms with van der Waals surface area (Å²) in [7, 11) is 0. The summed E-state index contributed by atoms with van der Waals surface area (Å²) in [5.41, 5.74) is 3.95. The SMILES string of the molecule is CCNC(c1ccc(C)cc1Br)c1sccc1C. The zero-order valence-electron chi connectivity index (χ0n) is 11.0. The lowest BCUT2D eigenvalue weighted by atomic mass is 10.0. The van der Waals surface area contributed by atoms with Gasteiger partial charge in [0.05, 0.1) is 6.04 Å². The van der Waals surface area contributed by atoms with E-state index in [9.17, 15) is 0 Å². The van der Waals surface area contributed by atoms with Gasteiger partial charge in [0.1, 0.15) is 0 Å². The molecule has 96 valence electrons. The molecule has 1 aromatic heterocycles. The number of hydrogen-bond donors (Lipinski definition) is 1. The fraction of sp³-hybridized carbons (Fsp3) is 0.333. The van der Waals surface area contributed by atoms with E-state index in [0.717, 1.165) is 6.54 Å². The maximum absolute atomic E-state index is 3.69. The van der Waals surface area contributed by atoms with Crippen LogP contribution in [-0.4, -0.2) is 6.54 Å². The molecule has 0 aliphatic rings. The second-order valence-electron chi connectivity index (χ2n) is 4.48. The van der Waals surface area contributed by atoms with Gasteiger partial charge < -0.3 is 5.32 Å². The van der Waals surface area contributed by atoms with Crippen molar-refractivity contribution in [1.82, 2.24) is 5.32 Å². The van der Waals surface area contributed by atoms with Gasteiger partial charge in [-0.3, -0.25) is 0 Å². The molecule has 0 amide bonds. The zero-order chi connectivity index (χ0) is 13.1. The quantitative estimate of drug-likeness (QED) is 0.850. The minimum Gasteiger partial charge on any atom is -0.306 e.